The predicted molar refractivity (Wildman–Crippen MR) is 106 cm³/mol. The fraction of sp³-hybridized carbons (Fsp3) is 0.450. The Labute approximate surface area is 188 Å². The fourth-order valence-electron chi connectivity index (χ4n) is 4.04. The molecule has 4 N–H and O–H groups in total. The highest BCUT2D eigenvalue weighted by Crippen LogP contribution is 2.44. The van der Waals surface area contributed by atoms with Gasteiger partial charge < -0.3 is 52.9 Å². The van der Waals surface area contributed by atoms with Gasteiger partial charge in [-0.1, -0.05) is 0 Å². The van der Waals surface area contributed by atoms with Crippen molar-refractivity contribution in [3.63, 3.8) is 0 Å². The summed E-state index contributed by atoms with van der Waals surface area (Å²) >= 11 is 0. The van der Waals surface area contributed by atoms with Crippen LogP contribution in [0, 0.1) is 0 Å². The molecule has 0 spiro atoms. The smallest absolute Gasteiger partial charge is 0.435 e. The molecule has 4 unspecified atom stereocenters. The van der Waals surface area contributed by atoms with Crippen LogP contribution in [0.15, 0.2) is 18.4 Å². The third-order valence-corrected chi connectivity index (χ3v) is 5.74. The largest absolute Gasteiger partial charge is 0.511 e. The highest BCUT2D eigenvalue weighted by molar-refractivity contribution is 5.91. The van der Waals surface area contributed by atoms with Crippen molar-refractivity contribution in [2.24, 2.45) is 0 Å². The van der Waals surface area contributed by atoms with Crippen LogP contribution in [0.3, 0.4) is 0 Å². The van der Waals surface area contributed by atoms with Crippen LogP contribution in [-0.2, 0) is 35.3 Å². The van der Waals surface area contributed by atoms with Crippen molar-refractivity contribution in [2.45, 2.75) is 30.1 Å². The Hall–Kier alpha value is -3.11. The third kappa shape index (κ3) is 2.78. The lowest BCUT2D eigenvalue weighted by molar-refractivity contribution is -0.359. The van der Waals surface area contributed by atoms with E-state index in [4.69, 9.17) is 27.8 Å². The van der Waals surface area contributed by atoms with Gasteiger partial charge in [-0.25, -0.2) is 14.4 Å². The zero-order chi connectivity index (χ0) is 25.3. The van der Waals surface area contributed by atoms with Crippen LogP contribution in [0.4, 0.5) is 4.79 Å². The summed E-state index contributed by atoms with van der Waals surface area (Å²) in [7, 11) is 2.83. The number of rotatable bonds is 5. The maximum absolute atomic E-state index is 12.9. The van der Waals surface area contributed by atoms with Crippen molar-refractivity contribution in [1.29, 1.82) is 0 Å². The van der Waals surface area contributed by atoms with Crippen molar-refractivity contribution in [3.05, 3.63) is 42.8 Å². The second-order valence-electron chi connectivity index (χ2n) is 7.38. The fourth-order valence-corrected chi connectivity index (χ4v) is 4.04. The Balaban J connectivity index is 2.24. The second kappa shape index (κ2) is 7.44. The minimum Gasteiger partial charge on any atom is -0.435 e. The van der Waals surface area contributed by atoms with Crippen molar-refractivity contribution in [1.82, 2.24) is 0 Å². The molecule has 0 amide bonds. The van der Waals surface area contributed by atoms with E-state index in [1.54, 1.807) is 0 Å². The van der Waals surface area contributed by atoms with Gasteiger partial charge >= 0.3 is 17.4 Å². The summed E-state index contributed by atoms with van der Waals surface area (Å²) in [6.07, 6.45) is -0.0947. The quantitative estimate of drug-likeness (QED) is 0.249. The predicted octanol–water partition coefficient (Wildman–Crippen LogP) is -2.89. The zero-order valence-electron chi connectivity index (χ0n) is 18.2. The van der Waals surface area contributed by atoms with E-state index < -0.39 is 62.5 Å². The van der Waals surface area contributed by atoms with E-state index in [2.05, 4.69) is 4.74 Å². The highest BCUT2D eigenvalue weighted by atomic mass is 16.8. The summed E-state index contributed by atoms with van der Waals surface area (Å²) < 4.78 is 34.7. The molecule has 2 aliphatic carbocycles. The van der Waals surface area contributed by atoms with E-state index in [1.807, 2.05) is 0 Å². The number of hydrogen-bond acceptors (Lipinski definition) is 14. The average Bonchev–Trinajstić information content (AvgIpc) is 2.79. The summed E-state index contributed by atoms with van der Waals surface area (Å²) in [4.78, 5) is 37.8. The lowest BCUT2D eigenvalue weighted by Gasteiger charge is -2.42. The molecule has 4 atom stereocenters. The molecule has 0 bridgehead atoms. The SMILES string of the molecule is CCOC(=O)OC1(O)C=c2c(=O)oc3c4c(c(=O)oc(c24)C1(O)OC)=CC(O)(OC)C3(O)OC. The van der Waals surface area contributed by atoms with Gasteiger partial charge in [0.15, 0.2) is 11.5 Å². The lowest BCUT2D eigenvalue weighted by atomic mass is 9.86. The number of aliphatic hydroxyl groups is 4. The summed E-state index contributed by atoms with van der Waals surface area (Å²) in [5.74, 6) is -13.4. The van der Waals surface area contributed by atoms with Gasteiger partial charge in [0, 0.05) is 38.2 Å². The van der Waals surface area contributed by atoms with Gasteiger partial charge in [0.05, 0.1) is 17.0 Å². The minimum atomic E-state index is -3.14. The number of carbonyl (C=O) groups excluding carboxylic acids is 1. The van der Waals surface area contributed by atoms with Crippen LogP contribution in [0.5, 0.6) is 0 Å². The molecule has 4 rings (SSSR count). The van der Waals surface area contributed by atoms with E-state index in [0.29, 0.717) is 6.08 Å². The van der Waals surface area contributed by atoms with Gasteiger partial charge in [-0.15, -0.1) is 0 Å². The molecule has 2 heterocycles. The first kappa shape index (κ1) is 24.0. The maximum atomic E-state index is 12.9. The van der Waals surface area contributed by atoms with Gasteiger partial charge in [-0.2, -0.15) is 0 Å². The molecule has 14 heteroatoms. The molecule has 14 nitrogen and oxygen atoms in total. The zero-order valence-corrected chi connectivity index (χ0v) is 18.2. The molecule has 184 valence electrons. The van der Waals surface area contributed by atoms with Crippen LogP contribution in [0.25, 0.3) is 22.9 Å². The molecule has 0 radical (unpaired) electrons. The molecule has 0 fully saturated rings. The first-order valence-electron chi connectivity index (χ1n) is 9.67. The van der Waals surface area contributed by atoms with Crippen LogP contribution in [0.1, 0.15) is 18.4 Å². The molecule has 0 saturated carbocycles. The number of ether oxygens (including phenoxy) is 5. The standard InChI is InChI=1S/C20H20O14/c1-5-31-16(23)34-18(25)7-9-11-10-8(14(21)33-13(11)20(18,27)30-4)6-17(24,28-2)19(26,29-3)12(10)32-15(9)22/h6-7,24-27H,5H2,1-4H3. The Kier molecular flexibility index (Phi) is 5.26. The number of hydrogen-bond donors (Lipinski definition) is 4. The molecule has 0 aromatic carbocycles. The Morgan fingerprint density at radius 3 is 1.68 bits per heavy atom. The summed E-state index contributed by atoms with van der Waals surface area (Å²) in [6, 6.07) is 0. The topological polar surface area (TPSA) is 205 Å². The average molecular weight is 484 g/mol. The molecule has 2 aliphatic rings. The maximum Gasteiger partial charge on any atom is 0.511 e. The van der Waals surface area contributed by atoms with E-state index in [0.717, 1.165) is 27.4 Å². The minimum absolute atomic E-state index is 0.162. The van der Waals surface area contributed by atoms with Crippen molar-refractivity contribution >= 4 is 29.1 Å². The first-order chi connectivity index (χ1) is 15.9. The molecular weight excluding hydrogens is 464 g/mol. The second-order valence-corrected chi connectivity index (χ2v) is 7.38. The Morgan fingerprint density at radius 1 is 0.824 bits per heavy atom. The molecule has 0 saturated heterocycles. The first-order valence-corrected chi connectivity index (χ1v) is 9.67. The van der Waals surface area contributed by atoms with E-state index in [9.17, 15) is 34.8 Å². The van der Waals surface area contributed by atoms with Crippen LogP contribution in [0.2, 0.25) is 0 Å². The third-order valence-electron chi connectivity index (χ3n) is 5.74. The van der Waals surface area contributed by atoms with Gasteiger partial charge in [-0.3, -0.25) is 0 Å². The summed E-state index contributed by atoms with van der Waals surface area (Å²) in [5, 5.41) is 42.5. The van der Waals surface area contributed by atoms with E-state index in [-0.39, 0.29) is 17.4 Å². The lowest BCUT2D eigenvalue weighted by Crippen LogP contribution is -2.61. The van der Waals surface area contributed by atoms with Gasteiger partial charge in [-0.05, 0) is 13.0 Å². The van der Waals surface area contributed by atoms with Crippen molar-refractivity contribution < 1.29 is 57.7 Å². The molecule has 34 heavy (non-hydrogen) atoms. The van der Waals surface area contributed by atoms with Crippen LogP contribution < -0.4 is 21.7 Å². The number of carbonyl (C=O) groups is 1. The number of methoxy groups -OCH3 is 3. The molecular formula is C20H20O14. The normalized spacial score (nSPS) is 31.5. The highest BCUT2D eigenvalue weighted by Gasteiger charge is 2.62. The van der Waals surface area contributed by atoms with Crippen molar-refractivity contribution in [3.8, 4) is 0 Å². The molecule has 2 aromatic rings. The van der Waals surface area contributed by atoms with Gasteiger partial charge in [0.2, 0.25) is 5.79 Å². The van der Waals surface area contributed by atoms with Crippen molar-refractivity contribution in [2.75, 3.05) is 27.9 Å². The van der Waals surface area contributed by atoms with Crippen LogP contribution in [-0.4, -0.2) is 66.1 Å². The summed E-state index contributed by atoms with van der Waals surface area (Å²) in [6.45, 7) is 1.28. The van der Waals surface area contributed by atoms with Gasteiger partial charge in [0.25, 0.3) is 17.4 Å². The van der Waals surface area contributed by atoms with Gasteiger partial charge in [0.1, 0.15) is 0 Å². The van der Waals surface area contributed by atoms with E-state index in [1.165, 1.54) is 6.92 Å². The molecule has 2 aromatic heterocycles. The monoisotopic (exact) mass is 484 g/mol. The Bertz CT molecular complexity index is 1440. The summed E-state index contributed by atoms with van der Waals surface area (Å²) in [5.41, 5.74) is -2.52. The van der Waals surface area contributed by atoms with E-state index >= 15 is 0 Å². The Morgan fingerprint density at radius 2 is 1.26 bits per heavy atom. The molecule has 0 aliphatic heterocycles. The van der Waals surface area contributed by atoms with Crippen LogP contribution >= 0.6 is 0 Å².